The monoisotopic (exact) mass is 329 g/mol. The Labute approximate surface area is 117 Å². The van der Waals surface area contributed by atoms with E-state index in [1.165, 1.54) is 7.11 Å². The van der Waals surface area contributed by atoms with Gasteiger partial charge in [-0.05, 0) is 17.7 Å². The number of esters is 1. The Morgan fingerprint density at radius 2 is 2.16 bits per heavy atom. The van der Waals surface area contributed by atoms with Crippen molar-refractivity contribution in [2.24, 2.45) is 0 Å². The third-order valence-corrected chi connectivity index (χ3v) is 3.39. The third-order valence-electron chi connectivity index (χ3n) is 2.86. The second-order valence-electron chi connectivity index (χ2n) is 4.03. The normalized spacial score (nSPS) is 22.9. The van der Waals surface area contributed by atoms with Crippen molar-refractivity contribution in [3.8, 4) is 0 Å². The first-order valence-corrected chi connectivity index (χ1v) is 6.32. The molecule has 1 aliphatic rings. The SMILES string of the molecule is COC(=O)C1=[N+]([O-])OC[C@H](O)[C@@H]1c1ccc(Br)cc1. The van der Waals surface area contributed by atoms with E-state index in [2.05, 4.69) is 25.5 Å². The molecule has 0 bridgehead atoms. The van der Waals surface area contributed by atoms with E-state index in [0.29, 0.717) is 5.56 Å². The molecule has 1 N–H and O–H groups in total. The predicted molar refractivity (Wildman–Crippen MR) is 69.5 cm³/mol. The zero-order valence-corrected chi connectivity index (χ0v) is 11.7. The highest BCUT2D eigenvalue weighted by molar-refractivity contribution is 9.10. The summed E-state index contributed by atoms with van der Waals surface area (Å²) < 4.78 is 5.42. The van der Waals surface area contributed by atoms with E-state index < -0.39 is 18.0 Å². The average Bonchev–Trinajstić information content (AvgIpc) is 2.41. The smallest absolute Gasteiger partial charge is 0.405 e. The maximum atomic E-state index is 11.7. The largest absolute Gasteiger partial charge is 0.461 e. The average molecular weight is 330 g/mol. The number of carbonyl (C=O) groups excluding carboxylic acids is 1. The summed E-state index contributed by atoms with van der Waals surface area (Å²) in [5, 5.41) is 21.6. The topological polar surface area (TPSA) is 81.8 Å². The minimum Gasteiger partial charge on any atom is -0.461 e. The van der Waals surface area contributed by atoms with Crippen LogP contribution in [-0.2, 0) is 14.4 Å². The molecule has 19 heavy (non-hydrogen) atoms. The van der Waals surface area contributed by atoms with Crippen molar-refractivity contribution < 1.29 is 24.4 Å². The minimum absolute atomic E-state index is 0.116. The molecule has 6 nitrogen and oxygen atoms in total. The second-order valence-corrected chi connectivity index (χ2v) is 4.94. The Hall–Kier alpha value is -1.60. The van der Waals surface area contributed by atoms with Gasteiger partial charge in [-0.15, -0.1) is 0 Å². The number of ether oxygens (including phenoxy) is 1. The standard InChI is InChI=1S/C12H12BrNO5/c1-18-12(16)11-10(9(15)6-19-14(11)17)7-2-4-8(13)5-3-7/h2-5,9-10,15H,6H2,1H3/t9-,10-/m0/s1. The molecule has 0 amide bonds. The zero-order chi connectivity index (χ0) is 14.0. The van der Waals surface area contributed by atoms with Gasteiger partial charge in [0.15, 0.2) is 0 Å². The van der Waals surface area contributed by atoms with Crippen LogP contribution in [0.25, 0.3) is 0 Å². The number of nitrogens with zero attached hydrogens (tertiary/aromatic N) is 1. The highest BCUT2D eigenvalue weighted by Crippen LogP contribution is 2.27. The number of halogens is 1. The molecule has 102 valence electrons. The molecule has 1 aromatic carbocycles. The summed E-state index contributed by atoms with van der Waals surface area (Å²) >= 11 is 3.30. The number of hydrogen-bond acceptors (Lipinski definition) is 5. The van der Waals surface area contributed by atoms with Crippen LogP contribution in [0.4, 0.5) is 0 Å². The fraction of sp³-hybridized carbons (Fsp3) is 0.333. The van der Waals surface area contributed by atoms with Gasteiger partial charge in [-0.2, -0.15) is 0 Å². The molecule has 7 heteroatoms. The summed E-state index contributed by atoms with van der Waals surface area (Å²) in [6, 6.07) is 6.98. The molecular formula is C12H12BrNO5. The molecule has 0 unspecified atom stereocenters. The van der Waals surface area contributed by atoms with Gasteiger partial charge in [0.05, 0.1) is 19.8 Å². The Balaban J connectivity index is 2.46. The summed E-state index contributed by atoms with van der Waals surface area (Å²) in [6.45, 7) is -0.176. The Bertz CT molecular complexity index is 513. The van der Waals surface area contributed by atoms with E-state index in [9.17, 15) is 15.1 Å². The second kappa shape index (κ2) is 5.58. The predicted octanol–water partition coefficient (Wildman–Crippen LogP) is 0.963. The molecule has 0 saturated carbocycles. The molecule has 2 rings (SSSR count). The van der Waals surface area contributed by atoms with Gasteiger partial charge in [0, 0.05) is 9.37 Å². The summed E-state index contributed by atoms with van der Waals surface area (Å²) in [4.78, 5) is 16.5. The van der Waals surface area contributed by atoms with Crippen LogP contribution in [0.15, 0.2) is 28.7 Å². The maximum absolute atomic E-state index is 11.7. The molecule has 0 saturated heterocycles. The van der Waals surface area contributed by atoms with E-state index in [-0.39, 0.29) is 17.2 Å². The highest BCUT2D eigenvalue weighted by Gasteiger charge is 2.42. The van der Waals surface area contributed by atoms with Crippen LogP contribution in [0, 0.1) is 5.21 Å². The van der Waals surface area contributed by atoms with Crippen LogP contribution in [0.2, 0.25) is 0 Å². The quantitative estimate of drug-likeness (QED) is 0.645. The van der Waals surface area contributed by atoms with Crippen molar-refractivity contribution in [3.63, 3.8) is 0 Å². The van der Waals surface area contributed by atoms with Gasteiger partial charge < -0.3 is 14.7 Å². The molecular weight excluding hydrogens is 318 g/mol. The maximum Gasteiger partial charge on any atom is 0.405 e. The number of aliphatic hydroxyl groups is 1. The van der Waals surface area contributed by atoms with Gasteiger partial charge in [0.1, 0.15) is 5.92 Å². The minimum atomic E-state index is -0.986. The van der Waals surface area contributed by atoms with Gasteiger partial charge in [0.25, 0.3) is 0 Å². The molecule has 0 aromatic heterocycles. The summed E-state index contributed by atoms with van der Waals surface area (Å²) in [5.41, 5.74) is 0.379. The number of rotatable bonds is 2. The number of carbonyl (C=O) groups is 1. The van der Waals surface area contributed by atoms with E-state index in [4.69, 9.17) is 0 Å². The fourth-order valence-corrected chi connectivity index (χ4v) is 2.23. The molecule has 2 atom stereocenters. The van der Waals surface area contributed by atoms with Crippen LogP contribution in [0.3, 0.4) is 0 Å². The Kier molecular flexibility index (Phi) is 4.06. The van der Waals surface area contributed by atoms with Gasteiger partial charge >= 0.3 is 11.7 Å². The molecule has 1 heterocycles. The fourth-order valence-electron chi connectivity index (χ4n) is 1.96. The Morgan fingerprint density at radius 3 is 2.74 bits per heavy atom. The highest BCUT2D eigenvalue weighted by atomic mass is 79.9. The lowest BCUT2D eigenvalue weighted by Gasteiger charge is -2.27. The third kappa shape index (κ3) is 2.71. The first-order valence-electron chi connectivity index (χ1n) is 5.53. The van der Waals surface area contributed by atoms with Crippen LogP contribution in [0.1, 0.15) is 11.5 Å². The lowest BCUT2D eigenvalue weighted by molar-refractivity contribution is -0.748. The van der Waals surface area contributed by atoms with Gasteiger partial charge in [-0.1, -0.05) is 28.1 Å². The van der Waals surface area contributed by atoms with E-state index >= 15 is 0 Å². The van der Waals surface area contributed by atoms with Crippen LogP contribution in [-0.4, -0.2) is 41.5 Å². The van der Waals surface area contributed by atoms with Crippen molar-refractivity contribution in [3.05, 3.63) is 39.5 Å². The van der Waals surface area contributed by atoms with Crippen molar-refractivity contribution >= 4 is 27.6 Å². The number of aliphatic hydroxyl groups excluding tert-OH is 1. The summed E-state index contributed by atoms with van der Waals surface area (Å²) in [6.07, 6.45) is -0.986. The lowest BCUT2D eigenvalue weighted by Crippen LogP contribution is -2.44. The summed E-state index contributed by atoms with van der Waals surface area (Å²) in [7, 11) is 1.17. The first kappa shape index (κ1) is 13.8. The van der Waals surface area contributed by atoms with Crippen molar-refractivity contribution in [1.82, 2.24) is 0 Å². The van der Waals surface area contributed by atoms with Crippen LogP contribution >= 0.6 is 15.9 Å². The lowest BCUT2D eigenvalue weighted by atomic mass is 9.88. The van der Waals surface area contributed by atoms with Crippen LogP contribution in [0.5, 0.6) is 0 Å². The molecule has 0 spiro atoms. The first-order chi connectivity index (χ1) is 9.04. The van der Waals surface area contributed by atoms with E-state index in [1.807, 2.05) is 0 Å². The van der Waals surface area contributed by atoms with Gasteiger partial charge in [0.2, 0.25) is 0 Å². The van der Waals surface area contributed by atoms with E-state index in [1.54, 1.807) is 24.3 Å². The molecule has 1 aliphatic heterocycles. The molecule has 0 aliphatic carbocycles. The van der Waals surface area contributed by atoms with Crippen molar-refractivity contribution in [2.75, 3.05) is 13.7 Å². The number of methoxy groups -OCH3 is 1. The zero-order valence-electron chi connectivity index (χ0n) is 10.1. The number of benzene rings is 1. The molecule has 1 aromatic rings. The van der Waals surface area contributed by atoms with Crippen molar-refractivity contribution in [1.29, 1.82) is 0 Å². The number of hydrogen-bond donors (Lipinski definition) is 1. The van der Waals surface area contributed by atoms with Crippen molar-refractivity contribution in [2.45, 2.75) is 12.0 Å². The Morgan fingerprint density at radius 1 is 1.53 bits per heavy atom. The molecule has 0 fully saturated rings. The van der Waals surface area contributed by atoms with Gasteiger partial charge in [-0.3, -0.25) is 5.21 Å². The van der Waals surface area contributed by atoms with E-state index in [0.717, 1.165) is 4.47 Å². The molecule has 0 radical (unpaired) electrons. The van der Waals surface area contributed by atoms with Gasteiger partial charge in [-0.25, -0.2) is 4.79 Å². The van der Waals surface area contributed by atoms with Crippen LogP contribution < -0.4 is 0 Å². The summed E-state index contributed by atoms with van der Waals surface area (Å²) in [5.74, 6) is -1.59.